The largest absolute Gasteiger partial charge is 0.481 e. The van der Waals surface area contributed by atoms with Crippen LogP contribution in [0, 0.1) is 0 Å². The topological polar surface area (TPSA) is 103 Å². The van der Waals surface area contributed by atoms with Gasteiger partial charge in [-0.15, -0.1) is 0 Å². The number of fused-ring (bicyclic) bond motifs is 1. The third-order valence-corrected chi connectivity index (χ3v) is 6.17. The number of para-hydroxylation sites is 1. The minimum Gasteiger partial charge on any atom is -0.481 e. The minimum absolute atomic E-state index is 0.111. The Morgan fingerprint density at radius 1 is 1.36 bits per heavy atom. The lowest BCUT2D eigenvalue weighted by atomic mass is 9.92. The molecule has 0 saturated carbocycles. The highest BCUT2D eigenvalue weighted by Crippen LogP contribution is 2.42. The predicted molar refractivity (Wildman–Crippen MR) is 93.3 cm³/mol. The molecule has 0 saturated heterocycles. The van der Waals surface area contributed by atoms with E-state index < -0.39 is 21.4 Å². The van der Waals surface area contributed by atoms with E-state index >= 15 is 0 Å². The van der Waals surface area contributed by atoms with Crippen LogP contribution >= 0.6 is 0 Å². The molecule has 2 aromatic rings. The van der Waals surface area contributed by atoms with Crippen LogP contribution in [-0.4, -0.2) is 36.2 Å². The molecule has 2 heterocycles. The number of sulfonamides is 1. The number of aromatic amines is 1. The van der Waals surface area contributed by atoms with E-state index in [0.29, 0.717) is 11.4 Å². The zero-order valence-electron chi connectivity index (χ0n) is 14.4. The van der Waals surface area contributed by atoms with Crippen LogP contribution in [-0.2, 0) is 20.2 Å². The number of hydrogen-bond acceptors (Lipinski definition) is 4. The summed E-state index contributed by atoms with van der Waals surface area (Å²) in [7, 11) is -3.84. The number of carboxylic acids is 1. The van der Waals surface area contributed by atoms with Crippen molar-refractivity contribution in [2.45, 2.75) is 43.4 Å². The Kier molecular flexibility index (Phi) is 4.10. The average molecular weight is 363 g/mol. The number of hydrogen-bond donors (Lipinski definition) is 2. The summed E-state index contributed by atoms with van der Waals surface area (Å²) in [5.74, 6) is -1.31. The van der Waals surface area contributed by atoms with Crippen molar-refractivity contribution in [1.29, 1.82) is 0 Å². The van der Waals surface area contributed by atoms with Crippen molar-refractivity contribution in [2.75, 3.05) is 10.8 Å². The molecule has 0 unspecified atom stereocenters. The monoisotopic (exact) mass is 363 g/mol. The summed E-state index contributed by atoms with van der Waals surface area (Å²) in [6.07, 6.45) is 1.21. The number of nitrogens with zero attached hydrogens (tertiary/aromatic N) is 2. The minimum atomic E-state index is -3.84. The van der Waals surface area contributed by atoms with Gasteiger partial charge in [0, 0.05) is 17.9 Å². The zero-order valence-corrected chi connectivity index (χ0v) is 15.2. The number of H-pyrrole nitrogens is 1. The van der Waals surface area contributed by atoms with E-state index in [2.05, 4.69) is 10.2 Å². The molecule has 7 nitrogen and oxygen atoms in total. The fraction of sp³-hybridized carbons (Fsp3) is 0.412. The van der Waals surface area contributed by atoms with Crippen LogP contribution in [0.5, 0.6) is 0 Å². The third kappa shape index (κ3) is 3.02. The summed E-state index contributed by atoms with van der Waals surface area (Å²) < 4.78 is 27.9. The third-order valence-electron chi connectivity index (χ3n) is 4.38. The summed E-state index contributed by atoms with van der Waals surface area (Å²) in [6, 6.07) is 7.05. The lowest BCUT2D eigenvalue weighted by Gasteiger charge is -2.23. The van der Waals surface area contributed by atoms with E-state index in [1.807, 2.05) is 20.8 Å². The van der Waals surface area contributed by atoms with Gasteiger partial charge in [0.2, 0.25) is 0 Å². The molecule has 134 valence electrons. The molecule has 1 aromatic heterocycles. The summed E-state index contributed by atoms with van der Waals surface area (Å²) in [4.78, 5) is 11.3. The first kappa shape index (κ1) is 17.5. The molecule has 25 heavy (non-hydrogen) atoms. The van der Waals surface area contributed by atoms with Gasteiger partial charge in [-0.05, 0) is 11.6 Å². The Morgan fingerprint density at radius 2 is 2.04 bits per heavy atom. The van der Waals surface area contributed by atoms with E-state index in [1.54, 1.807) is 24.3 Å². The molecule has 0 amide bonds. The fourth-order valence-corrected chi connectivity index (χ4v) is 5.03. The molecular formula is C17H21N3O4S. The first-order valence-corrected chi connectivity index (χ1v) is 9.43. The van der Waals surface area contributed by atoms with Crippen molar-refractivity contribution in [1.82, 2.24) is 10.2 Å². The number of carbonyl (C=O) groups is 1. The Morgan fingerprint density at radius 3 is 2.68 bits per heavy atom. The molecule has 0 fully saturated rings. The molecule has 1 aliphatic rings. The second-order valence-electron chi connectivity index (χ2n) is 7.25. The summed E-state index contributed by atoms with van der Waals surface area (Å²) in [6.45, 7) is 5.84. The second kappa shape index (κ2) is 5.87. The van der Waals surface area contributed by atoms with Crippen LogP contribution in [0.2, 0.25) is 0 Å². The van der Waals surface area contributed by atoms with Crippen LogP contribution in [0.3, 0.4) is 0 Å². The van der Waals surface area contributed by atoms with Crippen molar-refractivity contribution >= 4 is 21.7 Å². The molecule has 2 N–H and O–H groups in total. The van der Waals surface area contributed by atoms with Crippen LogP contribution in [0.1, 0.15) is 44.4 Å². The second-order valence-corrected chi connectivity index (χ2v) is 9.08. The Hall–Kier alpha value is -2.35. The van der Waals surface area contributed by atoms with Gasteiger partial charge >= 0.3 is 5.97 Å². The van der Waals surface area contributed by atoms with Gasteiger partial charge in [0.1, 0.15) is 4.90 Å². The maximum Gasteiger partial charge on any atom is 0.304 e. The van der Waals surface area contributed by atoms with E-state index in [-0.39, 0.29) is 23.8 Å². The van der Waals surface area contributed by atoms with Crippen molar-refractivity contribution < 1.29 is 18.3 Å². The quantitative estimate of drug-likeness (QED) is 0.868. The van der Waals surface area contributed by atoms with E-state index in [9.17, 15) is 13.2 Å². The van der Waals surface area contributed by atoms with Gasteiger partial charge in [-0.1, -0.05) is 39.0 Å². The summed E-state index contributed by atoms with van der Waals surface area (Å²) >= 11 is 0. The first-order valence-electron chi connectivity index (χ1n) is 7.99. The molecule has 0 aliphatic carbocycles. The van der Waals surface area contributed by atoms with Gasteiger partial charge in [-0.3, -0.25) is 14.2 Å². The lowest BCUT2D eigenvalue weighted by Crippen LogP contribution is -2.32. The molecule has 0 bridgehead atoms. The van der Waals surface area contributed by atoms with Crippen LogP contribution in [0.4, 0.5) is 5.69 Å². The Labute approximate surface area is 146 Å². The van der Waals surface area contributed by atoms with Gasteiger partial charge < -0.3 is 5.11 Å². The Bertz CT molecular complexity index is 912. The molecule has 0 spiro atoms. The number of aliphatic carboxylic acids is 1. The molecule has 1 aromatic carbocycles. The van der Waals surface area contributed by atoms with Gasteiger partial charge in [0.15, 0.2) is 0 Å². The van der Waals surface area contributed by atoms with Gasteiger partial charge in [0.05, 0.1) is 24.0 Å². The molecule has 1 aliphatic heterocycles. The van der Waals surface area contributed by atoms with Crippen LogP contribution in [0.25, 0.3) is 0 Å². The van der Waals surface area contributed by atoms with E-state index in [1.165, 1.54) is 10.5 Å². The van der Waals surface area contributed by atoms with Crippen molar-refractivity contribution in [3.8, 4) is 0 Å². The smallest absolute Gasteiger partial charge is 0.304 e. The SMILES string of the molecule is CC(C)(C)c1[nH]ncc1S(=O)(=O)N1C[C@H](CC(=O)O)c2ccccc21. The van der Waals surface area contributed by atoms with Crippen molar-refractivity contribution in [3.63, 3.8) is 0 Å². The van der Waals surface area contributed by atoms with Gasteiger partial charge in [0.25, 0.3) is 10.0 Å². The summed E-state index contributed by atoms with van der Waals surface area (Å²) in [5.41, 5.74) is 1.40. The number of anilines is 1. The Balaban J connectivity index is 2.08. The van der Waals surface area contributed by atoms with Crippen molar-refractivity contribution in [3.05, 3.63) is 41.7 Å². The lowest BCUT2D eigenvalue weighted by molar-refractivity contribution is -0.137. The summed E-state index contributed by atoms with van der Waals surface area (Å²) in [5, 5.41) is 15.9. The zero-order chi connectivity index (χ0) is 18.4. The predicted octanol–water partition coefficient (Wildman–Crippen LogP) is 2.47. The average Bonchev–Trinajstić information content (AvgIpc) is 3.12. The molecule has 3 rings (SSSR count). The number of carboxylic acid groups (broad SMARTS) is 1. The maximum atomic E-state index is 13.3. The number of nitrogens with one attached hydrogen (secondary N) is 1. The van der Waals surface area contributed by atoms with E-state index in [0.717, 1.165) is 5.56 Å². The normalized spacial score (nSPS) is 17.6. The fourth-order valence-electron chi connectivity index (χ4n) is 3.20. The molecular weight excluding hydrogens is 342 g/mol. The van der Waals surface area contributed by atoms with E-state index in [4.69, 9.17) is 5.11 Å². The first-order chi connectivity index (χ1) is 11.6. The highest BCUT2D eigenvalue weighted by atomic mass is 32.2. The molecule has 8 heteroatoms. The number of aromatic nitrogens is 2. The standard InChI is InChI=1S/C17H21N3O4S/c1-17(2,3)16-14(9-18-19-16)25(23,24)20-10-11(8-15(21)22)12-6-4-5-7-13(12)20/h4-7,9,11H,8,10H2,1-3H3,(H,18,19)(H,21,22)/t11-/m0/s1. The highest BCUT2D eigenvalue weighted by Gasteiger charge is 2.40. The molecule has 1 atom stereocenters. The number of benzene rings is 1. The maximum absolute atomic E-state index is 13.3. The van der Waals surface area contributed by atoms with Crippen LogP contribution in [0.15, 0.2) is 35.4 Å². The number of rotatable bonds is 4. The molecule has 0 radical (unpaired) electrons. The highest BCUT2D eigenvalue weighted by molar-refractivity contribution is 7.93. The van der Waals surface area contributed by atoms with Crippen molar-refractivity contribution in [2.24, 2.45) is 0 Å². The van der Waals surface area contributed by atoms with Crippen LogP contribution < -0.4 is 4.31 Å². The van der Waals surface area contributed by atoms with Gasteiger partial charge in [-0.25, -0.2) is 8.42 Å². The van der Waals surface area contributed by atoms with Gasteiger partial charge in [-0.2, -0.15) is 5.10 Å².